The summed E-state index contributed by atoms with van der Waals surface area (Å²) in [6.07, 6.45) is 9.88. The summed E-state index contributed by atoms with van der Waals surface area (Å²) in [4.78, 5) is 16.2. The number of aromatic nitrogens is 2. The monoisotopic (exact) mass is 315 g/mol. The fraction of sp³-hybridized carbons (Fsp3) is 0.0667. The Morgan fingerprint density at radius 1 is 1.27 bits per heavy atom. The SMILES string of the molecule is O=C(Nc1ccn(S(=O)(=O)C2=CCC=C2)c1)c1ccccn1. The van der Waals surface area contributed by atoms with E-state index >= 15 is 0 Å². The van der Waals surface area contributed by atoms with Gasteiger partial charge in [0.05, 0.1) is 10.6 Å². The number of rotatable bonds is 4. The molecule has 0 aromatic carbocycles. The van der Waals surface area contributed by atoms with Crippen molar-refractivity contribution in [1.29, 1.82) is 0 Å². The summed E-state index contributed by atoms with van der Waals surface area (Å²) in [6.45, 7) is 0. The highest BCUT2D eigenvalue weighted by Crippen LogP contribution is 2.20. The molecule has 0 aliphatic heterocycles. The number of hydrogen-bond acceptors (Lipinski definition) is 4. The molecule has 112 valence electrons. The molecule has 1 N–H and O–H groups in total. The number of nitrogens with one attached hydrogen (secondary N) is 1. The third kappa shape index (κ3) is 2.71. The first-order valence-electron chi connectivity index (χ1n) is 6.60. The average Bonchev–Trinajstić information content (AvgIpc) is 3.20. The Labute approximate surface area is 127 Å². The third-order valence-corrected chi connectivity index (χ3v) is 4.82. The molecule has 1 aliphatic carbocycles. The van der Waals surface area contributed by atoms with Crippen molar-refractivity contribution in [2.24, 2.45) is 0 Å². The second-order valence-electron chi connectivity index (χ2n) is 4.65. The molecule has 0 bridgehead atoms. The Hall–Kier alpha value is -2.67. The zero-order valence-electron chi connectivity index (χ0n) is 11.5. The Morgan fingerprint density at radius 3 is 2.82 bits per heavy atom. The molecule has 0 saturated heterocycles. The molecule has 0 radical (unpaired) electrons. The van der Waals surface area contributed by atoms with E-state index in [4.69, 9.17) is 0 Å². The Morgan fingerprint density at radius 2 is 2.14 bits per heavy atom. The van der Waals surface area contributed by atoms with Crippen LogP contribution in [-0.2, 0) is 10.0 Å². The smallest absolute Gasteiger partial charge is 0.274 e. The number of nitrogens with zero attached hydrogens (tertiary/aromatic N) is 2. The summed E-state index contributed by atoms with van der Waals surface area (Å²) >= 11 is 0. The van der Waals surface area contributed by atoms with E-state index < -0.39 is 15.9 Å². The van der Waals surface area contributed by atoms with Crippen molar-refractivity contribution in [1.82, 2.24) is 8.96 Å². The molecule has 0 spiro atoms. The first-order valence-corrected chi connectivity index (χ1v) is 8.04. The molecule has 6 nitrogen and oxygen atoms in total. The molecular formula is C15H13N3O3S. The highest BCUT2D eigenvalue weighted by Gasteiger charge is 2.19. The van der Waals surface area contributed by atoms with Crippen LogP contribution in [0.15, 0.2) is 66.0 Å². The predicted molar refractivity (Wildman–Crippen MR) is 82.8 cm³/mol. The van der Waals surface area contributed by atoms with Crippen LogP contribution in [0.25, 0.3) is 0 Å². The Bertz CT molecular complexity index is 864. The van der Waals surface area contributed by atoms with Gasteiger partial charge in [-0.3, -0.25) is 9.78 Å². The van der Waals surface area contributed by atoms with E-state index in [1.165, 1.54) is 24.7 Å². The fourth-order valence-corrected chi connectivity index (χ4v) is 3.33. The van der Waals surface area contributed by atoms with Crippen LogP contribution in [0.1, 0.15) is 16.9 Å². The maximum atomic E-state index is 12.3. The first kappa shape index (κ1) is 14.3. The summed E-state index contributed by atoms with van der Waals surface area (Å²) in [5.41, 5.74) is 0.654. The van der Waals surface area contributed by atoms with Crippen LogP contribution >= 0.6 is 0 Å². The normalized spacial score (nSPS) is 13.9. The molecule has 2 aromatic rings. The van der Waals surface area contributed by atoms with Crippen molar-refractivity contribution in [3.8, 4) is 0 Å². The number of pyridine rings is 1. The van der Waals surface area contributed by atoms with Crippen molar-refractivity contribution in [3.63, 3.8) is 0 Å². The highest BCUT2D eigenvalue weighted by molar-refractivity contribution is 7.94. The zero-order valence-corrected chi connectivity index (χ0v) is 12.3. The minimum absolute atomic E-state index is 0.255. The van der Waals surface area contributed by atoms with Gasteiger partial charge in [-0.1, -0.05) is 18.2 Å². The molecule has 2 aromatic heterocycles. The molecule has 2 heterocycles. The highest BCUT2D eigenvalue weighted by atomic mass is 32.2. The quantitative estimate of drug-likeness (QED) is 0.937. The number of anilines is 1. The second kappa shape index (κ2) is 5.61. The van der Waals surface area contributed by atoms with Crippen molar-refractivity contribution in [2.45, 2.75) is 6.42 Å². The van der Waals surface area contributed by atoms with Crippen LogP contribution in [0.2, 0.25) is 0 Å². The summed E-state index contributed by atoms with van der Waals surface area (Å²) < 4.78 is 25.7. The minimum atomic E-state index is -3.59. The lowest BCUT2D eigenvalue weighted by Gasteiger charge is -2.05. The minimum Gasteiger partial charge on any atom is -0.319 e. The van der Waals surface area contributed by atoms with E-state index in [1.54, 1.807) is 36.4 Å². The van der Waals surface area contributed by atoms with Crippen molar-refractivity contribution in [2.75, 3.05) is 5.32 Å². The van der Waals surface area contributed by atoms with Gasteiger partial charge in [-0.05, 0) is 30.7 Å². The molecule has 1 aliphatic rings. The average molecular weight is 315 g/mol. The number of allylic oxidation sites excluding steroid dienone is 3. The lowest BCUT2D eigenvalue weighted by Crippen LogP contribution is -2.14. The van der Waals surface area contributed by atoms with Gasteiger partial charge in [-0.2, -0.15) is 0 Å². The van der Waals surface area contributed by atoms with Crippen LogP contribution in [0.3, 0.4) is 0 Å². The summed E-state index contributed by atoms with van der Waals surface area (Å²) in [5, 5.41) is 2.62. The molecule has 0 unspecified atom stereocenters. The van der Waals surface area contributed by atoms with Crippen molar-refractivity contribution in [3.05, 3.63) is 71.7 Å². The van der Waals surface area contributed by atoms with Gasteiger partial charge in [0.25, 0.3) is 15.9 Å². The predicted octanol–water partition coefficient (Wildman–Crippen LogP) is 2.16. The first-order chi connectivity index (χ1) is 10.6. The fourth-order valence-electron chi connectivity index (χ4n) is 2.04. The van der Waals surface area contributed by atoms with Crippen LogP contribution in [0, 0.1) is 0 Å². The summed E-state index contributed by atoms with van der Waals surface area (Å²) in [6, 6.07) is 6.52. The van der Waals surface area contributed by atoms with E-state index in [-0.39, 0.29) is 10.6 Å². The van der Waals surface area contributed by atoms with Crippen LogP contribution < -0.4 is 5.32 Å². The third-order valence-electron chi connectivity index (χ3n) is 3.14. The molecule has 1 amide bonds. The molecule has 0 fully saturated rings. The Balaban J connectivity index is 1.80. The zero-order chi connectivity index (χ0) is 15.6. The summed E-state index contributed by atoms with van der Waals surface area (Å²) in [5.74, 6) is -0.393. The molecule has 7 heteroatoms. The summed E-state index contributed by atoms with van der Waals surface area (Å²) in [7, 11) is -3.59. The molecule has 22 heavy (non-hydrogen) atoms. The molecule has 0 saturated carbocycles. The molecular weight excluding hydrogens is 302 g/mol. The number of hydrogen-bond donors (Lipinski definition) is 1. The van der Waals surface area contributed by atoms with Gasteiger partial charge in [0.2, 0.25) is 0 Å². The van der Waals surface area contributed by atoms with Crippen molar-refractivity contribution < 1.29 is 13.2 Å². The van der Waals surface area contributed by atoms with Gasteiger partial charge in [-0.15, -0.1) is 0 Å². The lowest BCUT2D eigenvalue weighted by atomic mass is 10.3. The van der Waals surface area contributed by atoms with E-state index in [9.17, 15) is 13.2 Å². The van der Waals surface area contributed by atoms with Gasteiger partial charge in [-0.25, -0.2) is 12.4 Å². The van der Waals surface area contributed by atoms with Crippen molar-refractivity contribution >= 4 is 21.6 Å². The Kier molecular flexibility index (Phi) is 3.64. The van der Waals surface area contributed by atoms with Gasteiger partial charge < -0.3 is 5.32 Å². The van der Waals surface area contributed by atoms with E-state index in [0.29, 0.717) is 12.1 Å². The van der Waals surface area contributed by atoms with Gasteiger partial charge in [0, 0.05) is 18.6 Å². The standard InChI is InChI=1S/C15H13N3O3S/c19-15(14-7-3-4-9-16-14)17-12-8-10-18(11-12)22(20,21)13-5-1-2-6-13/h1,3-11H,2H2,(H,17,19). The maximum Gasteiger partial charge on any atom is 0.274 e. The largest absolute Gasteiger partial charge is 0.319 e. The lowest BCUT2D eigenvalue weighted by molar-refractivity contribution is 0.102. The molecule has 3 rings (SSSR count). The van der Waals surface area contributed by atoms with E-state index in [1.807, 2.05) is 0 Å². The maximum absolute atomic E-state index is 12.3. The number of carbonyl (C=O) groups is 1. The van der Waals surface area contributed by atoms with Gasteiger partial charge in [0.1, 0.15) is 5.69 Å². The van der Waals surface area contributed by atoms with Crippen LogP contribution in [0.5, 0.6) is 0 Å². The topological polar surface area (TPSA) is 81.1 Å². The van der Waals surface area contributed by atoms with E-state index in [0.717, 1.165) is 3.97 Å². The number of carbonyl (C=O) groups excluding carboxylic acids is 1. The second-order valence-corrected chi connectivity index (χ2v) is 6.49. The van der Waals surface area contributed by atoms with E-state index in [2.05, 4.69) is 10.3 Å². The number of amides is 1. The van der Waals surface area contributed by atoms with Crippen LogP contribution in [0.4, 0.5) is 5.69 Å². The van der Waals surface area contributed by atoms with Gasteiger partial charge in [0.15, 0.2) is 0 Å². The molecule has 0 atom stereocenters. The van der Waals surface area contributed by atoms with Crippen LogP contribution in [-0.4, -0.2) is 23.3 Å². The van der Waals surface area contributed by atoms with Gasteiger partial charge >= 0.3 is 0 Å².